The van der Waals surface area contributed by atoms with Crippen LogP contribution in [0.2, 0.25) is 0 Å². The van der Waals surface area contributed by atoms with Crippen LogP contribution in [0.25, 0.3) is 0 Å². The van der Waals surface area contributed by atoms with Gasteiger partial charge in [0.1, 0.15) is 5.41 Å². The van der Waals surface area contributed by atoms with E-state index in [0.717, 1.165) is 12.8 Å². The van der Waals surface area contributed by atoms with Crippen LogP contribution in [-0.4, -0.2) is 18.5 Å². The molecule has 0 N–H and O–H groups in total. The Hall–Kier alpha value is -0.670. The van der Waals surface area contributed by atoms with Crippen molar-refractivity contribution in [2.24, 2.45) is 5.41 Å². The van der Waals surface area contributed by atoms with Crippen LogP contribution in [0.5, 0.6) is 0 Å². The molecule has 94 valence electrons. The van der Waals surface area contributed by atoms with E-state index in [1.807, 2.05) is 0 Å². The molecule has 1 atom stereocenters. The van der Waals surface area contributed by atoms with Crippen molar-refractivity contribution in [1.82, 2.24) is 0 Å². The van der Waals surface area contributed by atoms with Crippen molar-refractivity contribution in [3.8, 4) is 0 Å². The van der Waals surface area contributed by atoms with Gasteiger partial charge in [-0.25, -0.2) is 8.78 Å². The lowest BCUT2D eigenvalue weighted by molar-refractivity contribution is -0.186. The number of rotatable bonds is 2. The summed E-state index contributed by atoms with van der Waals surface area (Å²) >= 11 is 0. The summed E-state index contributed by atoms with van der Waals surface area (Å²) in [5.41, 5.74) is -1.64. The summed E-state index contributed by atoms with van der Waals surface area (Å²) in [5, 5.41) is 0. The second-order valence-electron chi connectivity index (χ2n) is 4.67. The van der Waals surface area contributed by atoms with Crippen LogP contribution >= 0.6 is 0 Å². The molecule has 4 heteroatoms. The molecule has 1 saturated carbocycles. The summed E-state index contributed by atoms with van der Waals surface area (Å²) in [6, 6.07) is 0. The molecule has 16 heavy (non-hydrogen) atoms. The van der Waals surface area contributed by atoms with Crippen LogP contribution in [0.4, 0.5) is 8.78 Å². The van der Waals surface area contributed by atoms with E-state index in [1.165, 1.54) is 6.92 Å². The number of hydrogen-bond acceptors (Lipinski definition) is 2. The molecule has 0 saturated heterocycles. The third kappa shape index (κ3) is 2.53. The molecule has 0 aliphatic heterocycles. The molecule has 0 aromatic heterocycles. The summed E-state index contributed by atoms with van der Waals surface area (Å²) in [6.45, 7) is 3.14. The number of esters is 1. The molecule has 0 spiro atoms. The fourth-order valence-electron chi connectivity index (χ4n) is 2.18. The molecule has 0 bridgehead atoms. The molecule has 0 amide bonds. The molecule has 1 rings (SSSR count). The molecule has 1 unspecified atom stereocenters. The molecular formula is C12H20F2O2. The van der Waals surface area contributed by atoms with Gasteiger partial charge in [-0.2, -0.15) is 0 Å². The Morgan fingerprint density at radius 1 is 1.19 bits per heavy atom. The van der Waals surface area contributed by atoms with E-state index < -0.39 is 17.3 Å². The van der Waals surface area contributed by atoms with Gasteiger partial charge in [0.05, 0.1) is 6.61 Å². The first-order valence-electron chi connectivity index (χ1n) is 5.99. The highest BCUT2D eigenvalue weighted by molar-refractivity contribution is 5.77. The Morgan fingerprint density at radius 3 is 2.31 bits per heavy atom. The topological polar surface area (TPSA) is 26.3 Å². The third-order valence-electron chi connectivity index (χ3n) is 3.45. The van der Waals surface area contributed by atoms with Gasteiger partial charge in [-0.1, -0.05) is 19.3 Å². The van der Waals surface area contributed by atoms with E-state index in [1.54, 1.807) is 6.92 Å². The molecule has 0 aromatic rings. The average Bonchev–Trinajstić information content (AvgIpc) is 2.21. The van der Waals surface area contributed by atoms with Gasteiger partial charge in [0.25, 0.3) is 5.92 Å². The fourth-order valence-corrected chi connectivity index (χ4v) is 2.18. The van der Waals surface area contributed by atoms with E-state index in [0.29, 0.717) is 12.8 Å². The van der Waals surface area contributed by atoms with Gasteiger partial charge in [0.15, 0.2) is 0 Å². The Morgan fingerprint density at radius 2 is 1.75 bits per heavy atom. The lowest BCUT2D eigenvalue weighted by Crippen LogP contribution is -2.47. The zero-order chi connectivity index (χ0) is 12.2. The SMILES string of the molecule is CCOC(=O)C1(C)CCCCCCC1(F)F. The van der Waals surface area contributed by atoms with Crippen molar-refractivity contribution in [1.29, 1.82) is 0 Å². The van der Waals surface area contributed by atoms with Gasteiger partial charge >= 0.3 is 5.97 Å². The van der Waals surface area contributed by atoms with Crippen LogP contribution in [0.15, 0.2) is 0 Å². The van der Waals surface area contributed by atoms with Crippen LogP contribution in [-0.2, 0) is 9.53 Å². The van der Waals surface area contributed by atoms with E-state index >= 15 is 0 Å². The minimum atomic E-state index is -2.94. The number of ether oxygens (including phenoxy) is 1. The quantitative estimate of drug-likeness (QED) is 0.683. The molecule has 2 nitrogen and oxygen atoms in total. The van der Waals surface area contributed by atoms with Crippen molar-refractivity contribution in [3.63, 3.8) is 0 Å². The minimum absolute atomic E-state index is 0.157. The molecule has 1 fully saturated rings. The number of alkyl halides is 2. The van der Waals surface area contributed by atoms with E-state index in [4.69, 9.17) is 4.74 Å². The van der Waals surface area contributed by atoms with Gasteiger partial charge in [0.2, 0.25) is 0 Å². The standard InChI is InChI=1S/C12H20F2O2/c1-3-16-10(15)11(2)8-6-4-5-7-9-12(11,13)14/h3-9H2,1-2H3. The smallest absolute Gasteiger partial charge is 0.317 e. The van der Waals surface area contributed by atoms with Crippen molar-refractivity contribution in [2.45, 2.75) is 58.3 Å². The zero-order valence-corrected chi connectivity index (χ0v) is 10.0. The Labute approximate surface area is 95.4 Å². The molecule has 1 aliphatic carbocycles. The van der Waals surface area contributed by atoms with E-state index in [-0.39, 0.29) is 19.4 Å². The summed E-state index contributed by atoms with van der Waals surface area (Å²) in [5.74, 6) is -3.69. The Balaban J connectivity index is 2.88. The highest BCUT2D eigenvalue weighted by atomic mass is 19.3. The number of hydrogen-bond donors (Lipinski definition) is 0. The van der Waals surface area contributed by atoms with Gasteiger partial charge < -0.3 is 4.74 Å². The summed E-state index contributed by atoms with van der Waals surface area (Å²) in [6.07, 6.45) is 2.92. The maximum Gasteiger partial charge on any atom is 0.317 e. The lowest BCUT2D eigenvalue weighted by Gasteiger charge is -2.36. The summed E-state index contributed by atoms with van der Waals surface area (Å²) < 4.78 is 32.7. The first kappa shape index (κ1) is 13.4. The van der Waals surface area contributed by atoms with Gasteiger partial charge in [-0.05, 0) is 26.7 Å². The highest BCUT2D eigenvalue weighted by Crippen LogP contribution is 2.46. The second-order valence-corrected chi connectivity index (χ2v) is 4.67. The zero-order valence-electron chi connectivity index (χ0n) is 10.0. The number of carbonyl (C=O) groups is 1. The predicted molar refractivity (Wildman–Crippen MR) is 57.4 cm³/mol. The number of halogens is 2. The van der Waals surface area contributed by atoms with Crippen LogP contribution in [0.3, 0.4) is 0 Å². The highest BCUT2D eigenvalue weighted by Gasteiger charge is 2.55. The average molecular weight is 234 g/mol. The maximum absolute atomic E-state index is 14.0. The van der Waals surface area contributed by atoms with E-state index in [2.05, 4.69) is 0 Å². The molecular weight excluding hydrogens is 214 g/mol. The lowest BCUT2D eigenvalue weighted by atomic mass is 9.75. The van der Waals surface area contributed by atoms with Crippen molar-refractivity contribution < 1.29 is 18.3 Å². The predicted octanol–water partition coefficient (Wildman–Crippen LogP) is 3.55. The van der Waals surface area contributed by atoms with E-state index in [9.17, 15) is 13.6 Å². The Kier molecular flexibility index (Phi) is 4.28. The first-order chi connectivity index (χ1) is 7.44. The largest absolute Gasteiger partial charge is 0.465 e. The van der Waals surface area contributed by atoms with Crippen LogP contribution < -0.4 is 0 Å². The number of carbonyl (C=O) groups excluding carboxylic acids is 1. The van der Waals surface area contributed by atoms with Crippen LogP contribution in [0.1, 0.15) is 52.4 Å². The maximum atomic E-state index is 14.0. The summed E-state index contributed by atoms with van der Waals surface area (Å²) in [4.78, 5) is 11.7. The van der Waals surface area contributed by atoms with Gasteiger partial charge in [0, 0.05) is 6.42 Å². The Bertz CT molecular complexity index is 253. The molecule has 0 radical (unpaired) electrons. The molecule has 0 aromatic carbocycles. The van der Waals surface area contributed by atoms with Gasteiger partial charge in [-0.15, -0.1) is 0 Å². The molecule has 1 aliphatic rings. The monoisotopic (exact) mass is 234 g/mol. The minimum Gasteiger partial charge on any atom is -0.465 e. The van der Waals surface area contributed by atoms with Crippen molar-refractivity contribution in [2.75, 3.05) is 6.61 Å². The van der Waals surface area contributed by atoms with Crippen molar-refractivity contribution >= 4 is 5.97 Å². The molecule has 0 heterocycles. The summed E-state index contributed by atoms with van der Waals surface area (Å²) in [7, 11) is 0. The third-order valence-corrected chi connectivity index (χ3v) is 3.45. The normalized spacial score (nSPS) is 30.2. The second kappa shape index (κ2) is 5.11. The first-order valence-corrected chi connectivity index (χ1v) is 5.99. The van der Waals surface area contributed by atoms with Gasteiger partial charge in [-0.3, -0.25) is 4.79 Å². The van der Waals surface area contributed by atoms with Crippen molar-refractivity contribution in [3.05, 3.63) is 0 Å². The fraction of sp³-hybridized carbons (Fsp3) is 0.917. The van der Waals surface area contributed by atoms with Crippen LogP contribution in [0, 0.1) is 5.41 Å².